The Labute approximate surface area is 219 Å². The molecule has 1 saturated heterocycles. The van der Waals surface area contributed by atoms with Crippen molar-refractivity contribution in [2.24, 2.45) is 5.41 Å². The second-order valence-electron chi connectivity index (χ2n) is 11.3. The van der Waals surface area contributed by atoms with Gasteiger partial charge in [0.05, 0.1) is 24.6 Å². The SMILES string of the molecule is CN(C)C(=O)C1(N2Cc3cc(Cl)ccc3-n3c(nnc3C3CC4(C3)CN(c3ncc(F)cn3)C4)C2)CC1. The van der Waals surface area contributed by atoms with E-state index >= 15 is 0 Å². The zero-order chi connectivity index (χ0) is 25.5. The summed E-state index contributed by atoms with van der Waals surface area (Å²) in [6.45, 7) is 2.93. The minimum atomic E-state index is -0.483. The summed E-state index contributed by atoms with van der Waals surface area (Å²) in [4.78, 5) is 27.4. The molecule has 192 valence electrons. The lowest BCUT2D eigenvalue weighted by Gasteiger charge is -2.58. The maximum Gasteiger partial charge on any atom is 0.242 e. The maximum absolute atomic E-state index is 13.2. The van der Waals surface area contributed by atoms with Crippen molar-refractivity contribution >= 4 is 23.5 Å². The van der Waals surface area contributed by atoms with Crippen LogP contribution in [0, 0.1) is 11.2 Å². The number of amides is 1. The van der Waals surface area contributed by atoms with Crippen molar-refractivity contribution in [2.45, 2.75) is 50.2 Å². The Morgan fingerprint density at radius 3 is 2.51 bits per heavy atom. The van der Waals surface area contributed by atoms with Crippen LogP contribution in [0.15, 0.2) is 30.6 Å². The summed E-state index contributed by atoms with van der Waals surface area (Å²) in [6, 6.07) is 5.97. The zero-order valence-electron chi connectivity index (χ0n) is 20.9. The number of hydrogen-bond donors (Lipinski definition) is 0. The highest BCUT2D eigenvalue weighted by atomic mass is 35.5. The smallest absolute Gasteiger partial charge is 0.242 e. The third kappa shape index (κ3) is 3.56. The number of anilines is 1. The van der Waals surface area contributed by atoms with Crippen LogP contribution in [0.5, 0.6) is 0 Å². The quantitative estimate of drug-likeness (QED) is 0.520. The molecule has 2 saturated carbocycles. The van der Waals surface area contributed by atoms with Crippen molar-refractivity contribution in [2.75, 3.05) is 32.1 Å². The molecule has 3 aromatic rings. The van der Waals surface area contributed by atoms with E-state index in [0.717, 1.165) is 61.7 Å². The molecule has 3 fully saturated rings. The molecule has 11 heteroatoms. The molecule has 1 aromatic carbocycles. The second kappa shape index (κ2) is 7.94. The first kappa shape index (κ1) is 23.0. The van der Waals surface area contributed by atoms with Gasteiger partial charge in [-0.3, -0.25) is 14.3 Å². The van der Waals surface area contributed by atoms with Crippen LogP contribution in [0.25, 0.3) is 5.69 Å². The standard InChI is InChI=1S/C26H28ClFN8O/c1-33(2)23(37)26(5-6-26)35-12-16-7-18(27)3-4-20(16)36-21(13-35)31-32-22(36)17-8-25(9-17)14-34(15-25)24-29-10-19(28)11-30-24/h3-4,7,10-11,17H,5-6,8-9,12-15H2,1-2H3. The highest BCUT2D eigenvalue weighted by Gasteiger charge is 2.57. The van der Waals surface area contributed by atoms with Gasteiger partial charge in [0.25, 0.3) is 0 Å². The Hall–Kier alpha value is -3.11. The number of halogens is 2. The van der Waals surface area contributed by atoms with Crippen LogP contribution in [0.1, 0.15) is 48.8 Å². The number of aromatic nitrogens is 5. The number of carbonyl (C=O) groups excluding carboxylic acids is 1. The summed E-state index contributed by atoms with van der Waals surface area (Å²) < 4.78 is 15.4. The van der Waals surface area contributed by atoms with Crippen molar-refractivity contribution in [3.8, 4) is 5.69 Å². The van der Waals surface area contributed by atoms with Gasteiger partial charge in [-0.2, -0.15) is 0 Å². The molecule has 2 aliphatic carbocycles. The highest BCUT2D eigenvalue weighted by Crippen LogP contribution is 2.56. The van der Waals surface area contributed by atoms with Crippen LogP contribution in [-0.4, -0.2) is 73.2 Å². The molecule has 1 spiro atoms. The van der Waals surface area contributed by atoms with E-state index < -0.39 is 11.4 Å². The van der Waals surface area contributed by atoms with Crippen LogP contribution in [-0.2, 0) is 17.9 Å². The molecule has 1 amide bonds. The van der Waals surface area contributed by atoms with Gasteiger partial charge in [0.15, 0.2) is 11.6 Å². The topological polar surface area (TPSA) is 83.3 Å². The summed E-state index contributed by atoms with van der Waals surface area (Å²) in [7, 11) is 3.64. The average Bonchev–Trinajstić information content (AvgIpc) is 3.56. The monoisotopic (exact) mass is 522 g/mol. The second-order valence-corrected chi connectivity index (χ2v) is 11.8. The number of hydrogen-bond acceptors (Lipinski definition) is 7. The van der Waals surface area contributed by atoms with Gasteiger partial charge >= 0.3 is 0 Å². The van der Waals surface area contributed by atoms with E-state index in [1.165, 1.54) is 12.4 Å². The van der Waals surface area contributed by atoms with Crippen molar-refractivity contribution in [1.29, 1.82) is 0 Å². The molecular weight excluding hydrogens is 495 g/mol. The number of likely N-dealkylation sites (N-methyl/N-ethyl adjacent to an activating group) is 1. The van der Waals surface area contributed by atoms with E-state index in [9.17, 15) is 9.18 Å². The third-order valence-electron chi connectivity index (χ3n) is 8.53. The minimum Gasteiger partial charge on any atom is -0.347 e. The Kier molecular flexibility index (Phi) is 4.95. The Morgan fingerprint density at radius 1 is 1.11 bits per heavy atom. The Morgan fingerprint density at radius 2 is 1.84 bits per heavy atom. The van der Waals surface area contributed by atoms with E-state index in [-0.39, 0.29) is 11.3 Å². The molecule has 4 heterocycles. The number of nitrogens with zero attached hydrogens (tertiary/aromatic N) is 8. The van der Waals surface area contributed by atoms with E-state index in [4.69, 9.17) is 11.6 Å². The number of rotatable bonds is 4. The van der Waals surface area contributed by atoms with Gasteiger partial charge in [-0.05, 0) is 49.4 Å². The van der Waals surface area contributed by atoms with E-state index in [0.29, 0.717) is 30.0 Å². The van der Waals surface area contributed by atoms with E-state index in [1.54, 1.807) is 4.90 Å². The first-order chi connectivity index (χ1) is 17.8. The number of benzene rings is 1. The van der Waals surface area contributed by atoms with Crippen LogP contribution < -0.4 is 4.90 Å². The molecule has 2 aromatic heterocycles. The van der Waals surface area contributed by atoms with Gasteiger partial charge in [0, 0.05) is 50.1 Å². The van der Waals surface area contributed by atoms with Gasteiger partial charge in [-0.25, -0.2) is 14.4 Å². The fourth-order valence-corrected chi connectivity index (χ4v) is 6.79. The summed E-state index contributed by atoms with van der Waals surface area (Å²) in [5, 5.41) is 10.0. The lowest BCUT2D eigenvalue weighted by atomic mass is 9.57. The Balaban J connectivity index is 1.16. The number of fused-ring (bicyclic) bond motifs is 3. The molecule has 4 aliphatic rings. The third-order valence-corrected chi connectivity index (χ3v) is 8.77. The van der Waals surface area contributed by atoms with E-state index in [2.05, 4.69) is 40.6 Å². The molecule has 0 unspecified atom stereocenters. The highest BCUT2D eigenvalue weighted by molar-refractivity contribution is 6.30. The number of carbonyl (C=O) groups is 1. The van der Waals surface area contributed by atoms with Crippen molar-refractivity contribution in [1.82, 2.24) is 34.5 Å². The molecular formula is C26H28ClFN8O. The maximum atomic E-state index is 13.2. The van der Waals surface area contributed by atoms with Crippen molar-refractivity contribution in [3.05, 3.63) is 58.6 Å². The first-order valence-electron chi connectivity index (χ1n) is 12.7. The minimum absolute atomic E-state index is 0.143. The molecule has 37 heavy (non-hydrogen) atoms. The normalized spacial score (nSPS) is 21.5. The summed E-state index contributed by atoms with van der Waals surface area (Å²) in [6.07, 6.45) is 6.15. The van der Waals surface area contributed by atoms with Gasteiger partial charge in [-0.15, -0.1) is 10.2 Å². The summed E-state index contributed by atoms with van der Waals surface area (Å²) >= 11 is 6.43. The lowest BCUT2D eigenvalue weighted by Crippen LogP contribution is -2.62. The van der Waals surface area contributed by atoms with Crippen LogP contribution in [0.3, 0.4) is 0 Å². The first-order valence-corrected chi connectivity index (χ1v) is 13.1. The summed E-state index contributed by atoms with van der Waals surface area (Å²) in [5.41, 5.74) is 1.86. The van der Waals surface area contributed by atoms with Gasteiger partial charge in [0.2, 0.25) is 11.9 Å². The lowest BCUT2D eigenvalue weighted by molar-refractivity contribution is -0.136. The average molecular weight is 523 g/mol. The fraction of sp³-hybridized carbons (Fsp3) is 0.500. The molecule has 0 N–H and O–H groups in total. The fourth-order valence-electron chi connectivity index (χ4n) is 6.59. The van der Waals surface area contributed by atoms with Crippen LogP contribution in [0.2, 0.25) is 5.02 Å². The largest absolute Gasteiger partial charge is 0.347 e. The molecule has 0 bridgehead atoms. The van der Waals surface area contributed by atoms with Gasteiger partial charge in [-0.1, -0.05) is 11.6 Å². The molecule has 0 atom stereocenters. The predicted molar refractivity (Wildman–Crippen MR) is 135 cm³/mol. The Bertz CT molecular complexity index is 1390. The summed E-state index contributed by atoms with van der Waals surface area (Å²) in [5.74, 6) is 2.44. The zero-order valence-corrected chi connectivity index (χ0v) is 21.6. The molecule has 2 aliphatic heterocycles. The molecule has 0 radical (unpaired) electrons. The van der Waals surface area contributed by atoms with Gasteiger partial charge in [0.1, 0.15) is 11.4 Å². The van der Waals surface area contributed by atoms with Gasteiger partial charge < -0.3 is 9.80 Å². The van der Waals surface area contributed by atoms with Crippen LogP contribution in [0.4, 0.5) is 10.3 Å². The van der Waals surface area contributed by atoms with Crippen molar-refractivity contribution < 1.29 is 9.18 Å². The van der Waals surface area contributed by atoms with Crippen molar-refractivity contribution in [3.63, 3.8) is 0 Å². The predicted octanol–water partition coefficient (Wildman–Crippen LogP) is 3.17. The van der Waals surface area contributed by atoms with E-state index in [1.807, 2.05) is 26.2 Å². The molecule has 7 rings (SSSR count). The van der Waals surface area contributed by atoms with Crippen LogP contribution >= 0.6 is 11.6 Å². The molecule has 9 nitrogen and oxygen atoms in total.